The highest BCUT2D eigenvalue weighted by Gasteiger charge is 2.26. The largest absolute Gasteiger partial charge is 0.469 e. The topological polar surface area (TPSA) is 45.5 Å². The first-order valence-corrected chi connectivity index (χ1v) is 7.40. The summed E-state index contributed by atoms with van der Waals surface area (Å²) >= 11 is 0. The maximum Gasteiger partial charge on any atom is 0.261 e. The molecular weight excluding hydrogens is 264 g/mol. The summed E-state index contributed by atoms with van der Waals surface area (Å²) in [4.78, 5) is 14.8. The molecule has 2 aromatic rings. The molecule has 1 aliphatic heterocycles. The lowest BCUT2D eigenvalue weighted by Crippen LogP contribution is -2.39. The summed E-state index contributed by atoms with van der Waals surface area (Å²) in [6, 6.07) is 10.1. The van der Waals surface area contributed by atoms with Crippen molar-refractivity contribution < 1.29 is 9.21 Å². The summed E-state index contributed by atoms with van der Waals surface area (Å²) in [6.07, 6.45) is 2.31. The van der Waals surface area contributed by atoms with Crippen LogP contribution >= 0.6 is 0 Å². The second-order valence-corrected chi connectivity index (χ2v) is 5.44. The van der Waals surface area contributed by atoms with Gasteiger partial charge in [-0.25, -0.2) is 0 Å². The van der Waals surface area contributed by atoms with E-state index in [9.17, 15) is 4.79 Å². The normalized spacial score (nSPS) is 18.2. The Labute approximate surface area is 124 Å². The van der Waals surface area contributed by atoms with Crippen molar-refractivity contribution in [3.63, 3.8) is 0 Å². The third kappa shape index (κ3) is 2.59. The molecule has 0 spiro atoms. The molecule has 0 saturated carbocycles. The van der Waals surface area contributed by atoms with Gasteiger partial charge in [0.25, 0.3) is 5.91 Å². The SMILES string of the molecule is CCc1occc1C(=O)N1CC(C)NCc2ccccc21. The van der Waals surface area contributed by atoms with Gasteiger partial charge in [0, 0.05) is 31.2 Å². The van der Waals surface area contributed by atoms with Crippen LogP contribution in [0.1, 0.15) is 35.5 Å². The molecule has 1 aliphatic rings. The average molecular weight is 284 g/mol. The van der Waals surface area contributed by atoms with Crippen LogP contribution in [0.5, 0.6) is 0 Å². The minimum atomic E-state index is 0.0172. The number of amides is 1. The number of carbonyl (C=O) groups excluding carboxylic acids is 1. The minimum absolute atomic E-state index is 0.0172. The first kappa shape index (κ1) is 13.9. The van der Waals surface area contributed by atoms with E-state index in [0.29, 0.717) is 12.1 Å². The number of anilines is 1. The van der Waals surface area contributed by atoms with Crippen LogP contribution in [-0.4, -0.2) is 18.5 Å². The lowest BCUT2D eigenvalue weighted by molar-refractivity contribution is 0.0983. The van der Waals surface area contributed by atoms with Gasteiger partial charge < -0.3 is 14.6 Å². The van der Waals surface area contributed by atoms with Crippen molar-refractivity contribution in [3.05, 3.63) is 53.5 Å². The molecule has 2 heterocycles. The molecule has 1 N–H and O–H groups in total. The Kier molecular flexibility index (Phi) is 3.80. The van der Waals surface area contributed by atoms with Crippen LogP contribution in [0.2, 0.25) is 0 Å². The van der Waals surface area contributed by atoms with Crippen LogP contribution in [0.4, 0.5) is 5.69 Å². The fraction of sp³-hybridized carbons (Fsp3) is 0.353. The van der Waals surface area contributed by atoms with Crippen LogP contribution in [-0.2, 0) is 13.0 Å². The standard InChI is InChI=1S/C17H20N2O2/c1-3-16-14(8-9-21-16)17(20)19-11-12(2)18-10-13-6-4-5-7-15(13)19/h4-9,12,18H,3,10-11H2,1-2H3. The molecule has 0 aliphatic carbocycles. The summed E-state index contributed by atoms with van der Waals surface area (Å²) in [5, 5.41) is 3.44. The second-order valence-electron chi connectivity index (χ2n) is 5.44. The van der Waals surface area contributed by atoms with E-state index in [4.69, 9.17) is 4.42 Å². The molecule has 0 saturated heterocycles. The van der Waals surface area contributed by atoms with Gasteiger partial charge in [-0.05, 0) is 24.6 Å². The number of carbonyl (C=O) groups is 1. The van der Waals surface area contributed by atoms with E-state index in [1.807, 2.05) is 30.0 Å². The molecule has 4 heteroatoms. The van der Waals surface area contributed by atoms with Crippen molar-refractivity contribution in [3.8, 4) is 0 Å². The summed E-state index contributed by atoms with van der Waals surface area (Å²) in [5.41, 5.74) is 2.81. The molecule has 21 heavy (non-hydrogen) atoms. The zero-order valence-corrected chi connectivity index (χ0v) is 12.4. The average Bonchev–Trinajstić information content (AvgIpc) is 2.92. The lowest BCUT2D eigenvalue weighted by Gasteiger charge is -2.24. The number of hydrogen-bond acceptors (Lipinski definition) is 3. The molecule has 1 aromatic carbocycles. The summed E-state index contributed by atoms with van der Waals surface area (Å²) in [7, 11) is 0. The van der Waals surface area contributed by atoms with Crippen LogP contribution in [0.3, 0.4) is 0 Å². The third-order valence-electron chi connectivity index (χ3n) is 3.92. The van der Waals surface area contributed by atoms with Crippen LogP contribution < -0.4 is 10.2 Å². The molecule has 0 radical (unpaired) electrons. The van der Waals surface area contributed by atoms with Gasteiger partial charge in [-0.2, -0.15) is 0 Å². The van der Waals surface area contributed by atoms with Gasteiger partial charge in [-0.15, -0.1) is 0 Å². The molecular formula is C17H20N2O2. The molecule has 0 bridgehead atoms. The van der Waals surface area contributed by atoms with Gasteiger partial charge >= 0.3 is 0 Å². The Morgan fingerprint density at radius 1 is 1.38 bits per heavy atom. The lowest BCUT2D eigenvalue weighted by atomic mass is 10.1. The number of benzene rings is 1. The molecule has 110 valence electrons. The van der Waals surface area contributed by atoms with Gasteiger partial charge in [-0.1, -0.05) is 25.1 Å². The molecule has 1 unspecified atom stereocenters. The summed E-state index contributed by atoms with van der Waals surface area (Å²) in [5.74, 6) is 0.769. The van der Waals surface area contributed by atoms with E-state index in [0.717, 1.165) is 30.0 Å². The number of para-hydroxylation sites is 1. The van der Waals surface area contributed by atoms with Crippen molar-refractivity contribution in [1.82, 2.24) is 5.32 Å². The highest BCUT2D eigenvalue weighted by atomic mass is 16.3. The molecule has 3 rings (SSSR count). The van der Waals surface area contributed by atoms with Gasteiger partial charge in [0.1, 0.15) is 5.76 Å². The molecule has 4 nitrogen and oxygen atoms in total. The van der Waals surface area contributed by atoms with Gasteiger partial charge in [0.15, 0.2) is 0 Å². The number of rotatable bonds is 2. The van der Waals surface area contributed by atoms with E-state index < -0.39 is 0 Å². The highest BCUT2D eigenvalue weighted by Crippen LogP contribution is 2.26. The zero-order chi connectivity index (χ0) is 14.8. The van der Waals surface area contributed by atoms with E-state index in [1.54, 1.807) is 12.3 Å². The smallest absolute Gasteiger partial charge is 0.261 e. The van der Waals surface area contributed by atoms with E-state index >= 15 is 0 Å². The molecule has 1 amide bonds. The van der Waals surface area contributed by atoms with Gasteiger partial charge in [-0.3, -0.25) is 4.79 Å². The number of aryl methyl sites for hydroxylation is 1. The summed E-state index contributed by atoms with van der Waals surface area (Å²) < 4.78 is 5.41. The Morgan fingerprint density at radius 2 is 2.19 bits per heavy atom. The minimum Gasteiger partial charge on any atom is -0.469 e. The second kappa shape index (κ2) is 5.74. The van der Waals surface area contributed by atoms with E-state index in [-0.39, 0.29) is 11.9 Å². The fourth-order valence-corrected chi connectivity index (χ4v) is 2.79. The van der Waals surface area contributed by atoms with Crippen LogP contribution in [0.15, 0.2) is 41.0 Å². The summed E-state index contributed by atoms with van der Waals surface area (Å²) in [6.45, 7) is 5.54. The first-order chi connectivity index (χ1) is 10.2. The predicted molar refractivity (Wildman–Crippen MR) is 82.5 cm³/mol. The van der Waals surface area contributed by atoms with Gasteiger partial charge in [0.05, 0.1) is 11.8 Å². The monoisotopic (exact) mass is 284 g/mol. The van der Waals surface area contributed by atoms with Crippen molar-refractivity contribution in [2.24, 2.45) is 0 Å². The maximum absolute atomic E-state index is 12.9. The number of nitrogens with zero attached hydrogens (tertiary/aromatic N) is 1. The number of furan rings is 1. The predicted octanol–water partition coefficient (Wildman–Crippen LogP) is 2.98. The Morgan fingerprint density at radius 3 is 3.00 bits per heavy atom. The molecule has 0 fully saturated rings. The Bertz CT molecular complexity index is 648. The molecule has 1 atom stereocenters. The fourth-order valence-electron chi connectivity index (χ4n) is 2.79. The number of fused-ring (bicyclic) bond motifs is 1. The van der Waals surface area contributed by atoms with Crippen LogP contribution in [0, 0.1) is 0 Å². The third-order valence-corrected chi connectivity index (χ3v) is 3.92. The van der Waals surface area contributed by atoms with E-state index in [1.165, 1.54) is 0 Å². The Hall–Kier alpha value is -2.07. The van der Waals surface area contributed by atoms with Crippen molar-refractivity contribution in [2.75, 3.05) is 11.4 Å². The quantitative estimate of drug-likeness (QED) is 0.922. The van der Waals surface area contributed by atoms with Crippen molar-refractivity contribution in [2.45, 2.75) is 32.9 Å². The molecule has 1 aromatic heterocycles. The van der Waals surface area contributed by atoms with E-state index in [2.05, 4.69) is 18.3 Å². The van der Waals surface area contributed by atoms with Crippen LogP contribution in [0.25, 0.3) is 0 Å². The van der Waals surface area contributed by atoms with Crippen molar-refractivity contribution >= 4 is 11.6 Å². The number of nitrogens with one attached hydrogen (secondary N) is 1. The maximum atomic E-state index is 12.9. The van der Waals surface area contributed by atoms with Gasteiger partial charge in [0.2, 0.25) is 0 Å². The number of hydrogen-bond donors (Lipinski definition) is 1. The van der Waals surface area contributed by atoms with Crippen molar-refractivity contribution in [1.29, 1.82) is 0 Å². The zero-order valence-electron chi connectivity index (χ0n) is 12.4. The Balaban J connectivity index is 2.01. The highest BCUT2D eigenvalue weighted by molar-refractivity contribution is 6.07. The first-order valence-electron chi connectivity index (χ1n) is 7.40.